The van der Waals surface area contributed by atoms with Gasteiger partial charge in [0.1, 0.15) is 5.82 Å². The lowest BCUT2D eigenvalue weighted by atomic mass is 10.2. The van der Waals surface area contributed by atoms with Crippen molar-refractivity contribution in [1.29, 1.82) is 0 Å². The molecule has 0 fully saturated rings. The van der Waals surface area contributed by atoms with Crippen LogP contribution in [-0.2, 0) is 7.05 Å². The fourth-order valence-corrected chi connectivity index (χ4v) is 2.44. The fraction of sp³-hybridized carbons (Fsp3) is 0.300. The Morgan fingerprint density at radius 3 is 2.65 bits per heavy atom. The topological polar surface area (TPSA) is 81.6 Å². The molecule has 0 saturated heterocycles. The van der Waals surface area contributed by atoms with Gasteiger partial charge in [-0.1, -0.05) is 0 Å². The molecule has 0 atom stereocenters. The van der Waals surface area contributed by atoms with Gasteiger partial charge in [0, 0.05) is 25.9 Å². The van der Waals surface area contributed by atoms with E-state index in [0.717, 1.165) is 26.3 Å². The van der Waals surface area contributed by atoms with Crippen LogP contribution in [0.3, 0.4) is 0 Å². The minimum atomic E-state index is 0.257. The lowest BCUT2D eigenvalue weighted by Gasteiger charge is -2.08. The lowest BCUT2D eigenvalue weighted by molar-refractivity contribution is 0.756. The molecule has 0 aliphatic carbocycles. The Kier molecular flexibility index (Phi) is 3.18. The Hall–Kier alpha value is -1.38. The molecule has 2 aromatic rings. The number of nitrogen functional groups attached to an aromatic ring is 1. The largest absolute Gasteiger partial charge is 0.372 e. The van der Waals surface area contributed by atoms with E-state index in [1.807, 2.05) is 27.2 Å². The normalized spacial score (nSPS) is 10.6. The van der Waals surface area contributed by atoms with Crippen molar-refractivity contribution in [2.24, 2.45) is 7.05 Å². The molecule has 7 heteroatoms. The zero-order valence-corrected chi connectivity index (χ0v) is 12.0. The predicted molar refractivity (Wildman–Crippen MR) is 75.6 cm³/mol. The second kappa shape index (κ2) is 4.47. The summed E-state index contributed by atoms with van der Waals surface area (Å²) in [4.78, 5) is 8.43. The van der Waals surface area contributed by atoms with Crippen LogP contribution < -0.4 is 11.1 Å². The molecule has 0 aromatic carbocycles. The number of aromatic nitrogens is 4. The highest BCUT2D eigenvalue weighted by Crippen LogP contribution is 2.29. The van der Waals surface area contributed by atoms with Crippen LogP contribution >= 0.6 is 22.6 Å². The summed E-state index contributed by atoms with van der Waals surface area (Å²) in [5, 5.41) is 7.31. The van der Waals surface area contributed by atoms with E-state index in [0.29, 0.717) is 0 Å². The fourth-order valence-electron chi connectivity index (χ4n) is 1.64. The van der Waals surface area contributed by atoms with Crippen molar-refractivity contribution in [3.8, 4) is 11.3 Å². The summed E-state index contributed by atoms with van der Waals surface area (Å²) < 4.78 is 2.70. The zero-order valence-electron chi connectivity index (χ0n) is 9.82. The highest BCUT2D eigenvalue weighted by molar-refractivity contribution is 14.1. The Balaban J connectivity index is 2.66. The van der Waals surface area contributed by atoms with Crippen molar-refractivity contribution >= 4 is 34.4 Å². The number of hydrogen-bond donors (Lipinski definition) is 2. The molecule has 0 unspecified atom stereocenters. The van der Waals surface area contributed by atoms with Crippen LogP contribution in [0.1, 0.15) is 5.69 Å². The van der Waals surface area contributed by atoms with Crippen molar-refractivity contribution in [3.05, 3.63) is 15.5 Å². The standard InChI is InChI=1S/C10H13IN6/c1-5-6(4-17(3)16-5)8-7(11)9(13-2)15-10(12)14-8/h4H,1-3H3,(H3,12,13,14,15). The van der Waals surface area contributed by atoms with Gasteiger partial charge >= 0.3 is 0 Å². The third-order valence-corrected chi connectivity index (χ3v) is 3.40. The highest BCUT2D eigenvalue weighted by atomic mass is 127. The minimum Gasteiger partial charge on any atom is -0.372 e. The van der Waals surface area contributed by atoms with E-state index in [1.54, 1.807) is 4.68 Å². The third kappa shape index (κ3) is 2.19. The van der Waals surface area contributed by atoms with Gasteiger partial charge in [-0.2, -0.15) is 10.1 Å². The van der Waals surface area contributed by atoms with Crippen LogP contribution in [0.2, 0.25) is 0 Å². The van der Waals surface area contributed by atoms with E-state index in [4.69, 9.17) is 5.73 Å². The van der Waals surface area contributed by atoms with Gasteiger partial charge in [-0.05, 0) is 29.5 Å². The van der Waals surface area contributed by atoms with Gasteiger partial charge < -0.3 is 11.1 Å². The average Bonchev–Trinajstić information content (AvgIpc) is 2.60. The first-order valence-corrected chi connectivity index (χ1v) is 6.12. The molecule has 0 aliphatic rings. The van der Waals surface area contributed by atoms with Crippen LogP contribution in [-0.4, -0.2) is 26.8 Å². The van der Waals surface area contributed by atoms with Crippen LogP contribution in [0.4, 0.5) is 11.8 Å². The Morgan fingerprint density at radius 1 is 1.41 bits per heavy atom. The molecule has 0 saturated carbocycles. The first-order chi connectivity index (χ1) is 8.02. The number of nitrogens with two attached hydrogens (primary N) is 1. The van der Waals surface area contributed by atoms with Crippen molar-refractivity contribution in [1.82, 2.24) is 19.7 Å². The van der Waals surface area contributed by atoms with Gasteiger partial charge in [0.25, 0.3) is 0 Å². The summed E-state index contributed by atoms with van der Waals surface area (Å²) in [7, 11) is 3.69. The molecule has 0 spiro atoms. The summed E-state index contributed by atoms with van der Waals surface area (Å²) in [6, 6.07) is 0. The molecule has 6 nitrogen and oxygen atoms in total. The summed E-state index contributed by atoms with van der Waals surface area (Å²) in [6.45, 7) is 1.95. The van der Waals surface area contributed by atoms with Crippen molar-refractivity contribution in [3.63, 3.8) is 0 Å². The molecule has 17 heavy (non-hydrogen) atoms. The van der Waals surface area contributed by atoms with Crippen molar-refractivity contribution in [2.45, 2.75) is 6.92 Å². The van der Waals surface area contributed by atoms with E-state index >= 15 is 0 Å². The summed E-state index contributed by atoms with van der Waals surface area (Å²) in [6.07, 6.45) is 1.93. The van der Waals surface area contributed by atoms with Gasteiger partial charge in [0.15, 0.2) is 0 Å². The third-order valence-electron chi connectivity index (χ3n) is 2.37. The number of halogens is 1. The van der Waals surface area contributed by atoms with E-state index in [1.165, 1.54) is 0 Å². The predicted octanol–water partition coefficient (Wildman–Crippen LogP) is 1.41. The van der Waals surface area contributed by atoms with Crippen LogP contribution in [0.5, 0.6) is 0 Å². The Labute approximate surface area is 113 Å². The Morgan fingerprint density at radius 2 is 2.12 bits per heavy atom. The maximum atomic E-state index is 5.71. The highest BCUT2D eigenvalue weighted by Gasteiger charge is 2.15. The lowest BCUT2D eigenvalue weighted by Crippen LogP contribution is -2.04. The maximum absolute atomic E-state index is 5.71. The van der Waals surface area contributed by atoms with Crippen molar-refractivity contribution < 1.29 is 0 Å². The quantitative estimate of drug-likeness (QED) is 0.806. The number of anilines is 2. The maximum Gasteiger partial charge on any atom is 0.222 e. The number of hydrogen-bond acceptors (Lipinski definition) is 5. The number of nitrogens with zero attached hydrogens (tertiary/aromatic N) is 4. The minimum absolute atomic E-state index is 0.257. The molecular weight excluding hydrogens is 331 g/mol. The number of aryl methyl sites for hydroxylation is 2. The van der Waals surface area contributed by atoms with Crippen molar-refractivity contribution in [2.75, 3.05) is 18.1 Å². The SMILES string of the molecule is CNc1nc(N)nc(-c2cn(C)nc2C)c1I. The molecule has 3 N–H and O–H groups in total. The smallest absolute Gasteiger partial charge is 0.222 e. The van der Waals surface area contributed by atoms with Gasteiger partial charge in [-0.3, -0.25) is 4.68 Å². The van der Waals surface area contributed by atoms with E-state index in [9.17, 15) is 0 Å². The molecule has 2 heterocycles. The van der Waals surface area contributed by atoms with Gasteiger partial charge in [-0.25, -0.2) is 4.98 Å². The first kappa shape index (κ1) is 12.1. The number of nitrogens with one attached hydrogen (secondary N) is 1. The zero-order chi connectivity index (χ0) is 12.6. The molecule has 0 radical (unpaired) electrons. The molecule has 0 bridgehead atoms. The van der Waals surface area contributed by atoms with Gasteiger partial charge in [-0.15, -0.1) is 0 Å². The average molecular weight is 344 g/mol. The molecule has 2 rings (SSSR count). The molecule has 90 valence electrons. The molecule has 0 aliphatic heterocycles. The second-order valence-electron chi connectivity index (χ2n) is 3.64. The summed E-state index contributed by atoms with van der Waals surface area (Å²) >= 11 is 2.21. The van der Waals surface area contributed by atoms with Crippen LogP contribution in [0.25, 0.3) is 11.3 Å². The van der Waals surface area contributed by atoms with Crippen LogP contribution in [0, 0.1) is 10.5 Å². The van der Waals surface area contributed by atoms with Gasteiger partial charge in [0.05, 0.1) is 15.0 Å². The summed E-state index contributed by atoms with van der Waals surface area (Å²) in [5.41, 5.74) is 8.41. The van der Waals surface area contributed by atoms with Crippen LogP contribution in [0.15, 0.2) is 6.20 Å². The monoisotopic (exact) mass is 344 g/mol. The van der Waals surface area contributed by atoms with E-state index in [2.05, 4.69) is 43.0 Å². The van der Waals surface area contributed by atoms with E-state index < -0.39 is 0 Å². The molecular formula is C10H13IN6. The van der Waals surface area contributed by atoms with Gasteiger partial charge in [0.2, 0.25) is 5.95 Å². The number of rotatable bonds is 2. The Bertz CT molecular complexity index is 562. The first-order valence-electron chi connectivity index (χ1n) is 5.04. The molecule has 2 aromatic heterocycles. The molecule has 0 amide bonds. The summed E-state index contributed by atoms with van der Waals surface area (Å²) in [5.74, 6) is 0.990. The van der Waals surface area contributed by atoms with E-state index in [-0.39, 0.29) is 5.95 Å². The second-order valence-corrected chi connectivity index (χ2v) is 4.72.